The number of benzene rings is 2. The minimum absolute atomic E-state index is 0.440. The minimum Gasteiger partial charge on any atom is -0.369 e. The third-order valence-corrected chi connectivity index (χ3v) is 2.88. The van der Waals surface area contributed by atoms with Gasteiger partial charge in [-0.2, -0.15) is 0 Å². The molecule has 3 nitrogen and oxygen atoms in total. The molecule has 3 aromatic rings. The smallest absolute Gasteiger partial charge is 0.197 e. The second-order valence-electron chi connectivity index (χ2n) is 4.13. The van der Waals surface area contributed by atoms with Gasteiger partial charge in [0.15, 0.2) is 5.95 Å². The SMILES string of the molecule is Nc1ncc(-c2cccc(-c3ccccc3)c2)[nH]1. The molecule has 0 saturated carbocycles. The predicted molar refractivity (Wildman–Crippen MR) is 73.9 cm³/mol. The normalized spacial score (nSPS) is 10.4. The molecule has 0 aliphatic rings. The Morgan fingerprint density at radius 3 is 2.28 bits per heavy atom. The highest BCUT2D eigenvalue weighted by Crippen LogP contribution is 2.25. The number of rotatable bonds is 2. The third-order valence-electron chi connectivity index (χ3n) is 2.88. The summed E-state index contributed by atoms with van der Waals surface area (Å²) in [7, 11) is 0. The maximum Gasteiger partial charge on any atom is 0.197 e. The first-order chi connectivity index (χ1) is 8.83. The average Bonchev–Trinajstić information content (AvgIpc) is 2.87. The second kappa shape index (κ2) is 4.37. The molecule has 0 amide bonds. The van der Waals surface area contributed by atoms with E-state index in [1.807, 2.05) is 30.3 Å². The molecule has 18 heavy (non-hydrogen) atoms. The highest BCUT2D eigenvalue weighted by atomic mass is 15.0. The molecular formula is C15H13N3. The third kappa shape index (κ3) is 1.98. The van der Waals surface area contributed by atoms with E-state index in [0.29, 0.717) is 5.95 Å². The first-order valence-electron chi connectivity index (χ1n) is 5.79. The molecule has 88 valence electrons. The molecule has 0 unspecified atom stereocenters. The van der Waals surface area contributed by atoms with Crippen LogP contribution >= 0.6 is 0 Å². The van der Waals surface area contributed by atoms with E-state index in [2.05, 4.69) is 34.2 Å². The number of nitrogens with one attached hydrogen (secondary N) is 1. The summed E-state index contributed by atoms with van der Waals surface area (Å²) >= 11 is 0. The number of aromatic nitrogens is 2. The van der Waals surface area contributed by atoms with Gasteiger partial charge in [-0.1, -0.05) is 48.5 Å². The quantitative estimate of drug-likeness (QED) is 0.715. The van der Waals surface area contributed by atoms with Gasteiger partial charge in [0.05, 0.1) is 11.9 Å². The van der Waals surface area contributed by atoms with Gasteiger partial charge in [-0.25, -0.2) is 4.98 Å². The summed E-state index contributed by atoms with van der Waals surface area (Å²) in [6, 6.07) is 18.6. The van der Waals surface area contributed by atoms with Crippen LogP contribution in [0.5, 0.6) is 0 Å². The summed E-state index contributed by atoms with van der Waals surface area (Å²) in [6.07, 6.45) is 1.75. The molecule has 0 aliphatic carbocycles. The Hall–Kier alpha value is -2.55. The van der Waals surface area contributed by atoms with Gasteiger partial charge in [-0.15, -0.1) is 0 Å². The lowest BCUT2D eigenvalue weighted by atomic mass is 10.0. The molecule has 0 saturated heterocycles. The number of H-pyrrole nitrogens is 1. The summed E-state index contributed by atoms with van der Waals surface area (Å²) in [5.41, 5.74) is 10.0. The summed E-state index contributed by atoms with van der Waals surface area (Å²) in [5, 5.41) is 0. The highest BCUT2D eigenvalue weighted by molar-refractivity contribution is 5.71. The maximum absolute atomic E-state index is 5.60. The second-order valence-corrected chi connectivity index (χ2v) is 4.13. The van der Waals surface area contributed by atoms with Gasteiger partial charge in [0, 0.05) is 5.56 Å². The Balaban J connectivity index is 2.05. The van der Waals surface area contributed by atoms with Crippen LogP contribution in [0.3, 0.4) is 0 Å². The van der Waals surface area contributed by atoms with Crippen LogP contribution in [-0.4, -0.2) is 9.97 Å². The Bertz CT molecular complexity index is 656. The Morgan fingerprint density at radius 1 is 0.833 bits per heavy atom. The van der Waals surface area contributed by atoms with Gasteiger partial charge in [0.2, 0.25) is 0 Å². The number of nitrogens with zero attached hydrogens (tertiary/aromatic N) is 1. The molecule has 0 bridgehead atoms. The number of hydrogen-bond acceptors (Lipinski definition) is 2. The Morgan fingerprint density at radius 2 is 1.56 bits per heavy atom. The van der Waals surface area contributed by atoms with Gasteiger partial charge in [-0.05, 0) is 17.2 Å². The number of imidazole rings is 1. The van der Waals surface area contributed by atoms with Crippen molar-refractivity contribution < 1.29 is 0 Å². The molecule has 0 atom stereocenters. The van der Waals surface area contributed by atoms with Crippen molar-refractivity contribution in [2.24, 2.45) is 0 Å². The highest BCUT2D eigenvalue weighted by Gasteiger charge is 2.03. The van der Waals surface area contributed by atoms with Crippen molar-refractivity contribution in [3.05, 3.63) is 60.8 Å². The van der Waals surface area contributed by atoms with Crippen molar-refractivity contribution in [3.8, 4) is 22.4 Å². The summed E-state index contributed by atoms with van der Waals surface area (Å²) in [5.74, 6) is 0.440. The monoisotopic (exact) mass is 235 g/mol. The Labute approximate surface area is 105 Å². The van der Waals surface area contributed by atoms with Crippen molar-refractivity contribution in [3.63, 3.8) is 0 Å². The molecule has 3 N–H and O–H groups in total. The van der Waals surface area contributed by atoms with Gasteiger partial charge >= 0.3 is 0 Å². The van der Waals surface area contributed by atoms with Crippen LogP contribution in [0, 0.1) is 0 Å². The number of nitrogens with two attached hydrogens (primary N) is 1. The first kappa shape index (κ1) is 10.6. The molecule has 0 fully saturated rings. The van der Waals surface area contributed by atoms with Crippen LogP contribution in [-0.2, 0) is 0 Å². The van der Waals surface area contributed by atoms with Gasteiger partial charge < -0.3 is 10.7 Å². The van der Waals surface area contributed by atoms with Gasteiger partial charge in [-0.3, -0.25) is 0 Å². The number of anilines is 1. The van der Waals surface area contributed by atoms with Crippen molar-refractivity contribution in [1.82, 2.24) is 9.97 Å². The zero-order valence-electron chi connectivity index (χ0n) is 9.80. The standard InChI is InChI=1S/C15H13N3/c16-15-17-10-14(18-15)13-8-4-7-12(9-13)11-5-2-1-3-6-11/h1-10H,(H3,16,17,18). The van der Waals surface area contributed by atoms with Crippen molar-refractivity contribution in [1.29, 1.82) is 0 Å². The molecule has 1 heterocycles. The summed E-state index contributed by atoms with van der Waals surface area (Å²) < 4.78 is 0. The fourth-order valence-corrected chi connectivity index (χ4v) is 1.98. The van der Waals surface area contributed by atoms with Crippen LogP contribution in [0.2, 0.25) is 0 Å². The van der Waals surface area contributed by atoms with Crippen molar-refractivity contribution in [2.45, 2.75) is 0 Å². The lowest BCUT2D eigenvalue weighted by Crippen LogP contribution is -1.86. The average molecular weight is 235 g/mol. The largest absolute Gasteiger partial charge is 0.369 e. The van der Waals surface area contributed by atoms with Crippen molar-refractivity contribution >= 4 is 5.95 Å². The van der Waals surface area contributed by atoms with Crippen molar-refractivity contribution in [2.75, 3.05) is 5.73 Å². The Kier molecular flexibility index (Phi) is 2.57. The molecule has 2 aromatic carbocycles. The first-order valence-corrected chi connectivity index (χ1v) is 5.79. The number of hydrogen-bond donors (Lipinski definition) is 2. The van der Waals surface area contributed by atoms with E-state index in [1.165, 1.54) is 11.1 Å². The fourth-order valence-electron chi connectivity index (χ4n) is 1.98. The van der Waals surface area contributed by atoms with E-state index in [-0.39, 0.29) is 0 Å². The van der Waals surface area contributed by atoms with Crippen LogP contribution in [0.15, 0.2) is 60.8 Å². The predicted octanol–water partition coefficient (Wildman–Crippen LogP) is 3.33. The maximum atomic E-state index is 5.60. The molecule has 0 aliphatic heterocycles. The summed E-state index contributed by atoms with van der Waals surface area (Å²) in [6.45, 7) is 0. The topological polar surface area (TPSA) is 54.7 Å². The van der Waals surface area contributed by atoms with E-state index >= 15 is 0 Å². The van der Waals surface area contributed by atoms with Crippen LogP contribution in [0.25, 0.3) is 22.4 Å². The van der Waals surface area contributed by atoms with E-state index in [1.54, 1.807) is 6.20 Å². The van der Waals surface area contributed by atoms with Gasteiger partial charge in [0.1, 0.15) is 0 Å². The fraction of sp³-hybridized carbons (Fsp3) is 0. The lowest BCUT2D eigenvalue weighted by molar-refractivity contribution is 1.33. The number of aromatic amines is 1. The van der Waals surface area contributed by atoms with E-state index in [9.17, 15) is 0 Å². The van der Waals surface area contributed by atoms with Gasteiger partial charge in [0.25, 0.3) is 0 Å². The molecular weight excluding hydrogens is 222 g/mol. The number of nitrogen functional groups attached to an aromatic ring is 1. The van der Waals surface area contributed by atoms with E-state index in [4.69, 9.17) is 5.73 Å². The molecule has 3 heteroatoms. The van der Waals surface area contributed by atoms with E-state index < -0.39 is 0 Å². The molecule has 0 radical (unpaired) electrons. The molecule has 0 spiro atoms. The summed E-state index contributed by atoms with van der Waals surface area (Å²) in [4.78, 5) is 7.06. The zero-order valence-corrected chi connectivity index (χ0v) is 9.80. The van der Waals surface area contributed by atoms with Crippen LogP contribution in [0.4, 0.5) is 5.95 Å². The molecule has 3 rings (SSSR count). The zero-order chi connectivity index (χ0) is 12.4. The lowest BCUT2D eigenvalue weighted by Gasteiger charge is -2.04. The molecule has 1 aromatic heterocycles. The van der Waals surface area contributed by atoms with E-state index in [0.717, 1.165) is 11.3 Å². The van der Waals surface area contributed by atoms with Crippen LogP contribution < -0.4 is 5.73 Å². The van der Waals surface area contributed by atoms with Crippen LogP contribution in [0.1, 0.15) is 0 Å². The minimum atomic E-state index is 0.440.